The maximum Gasteiger partial charge on any atom is 0.256 e. The molecule has 0 fully saturated rings. The van der Waals surface area contributed by atoms with Gasteiger partial charge in [-0.25, -0.2) is 0 Å². The van der Waals surface area contributed by atoms with Gasteiger partial charge in [-0.2, -0.15) is 5.10 Å². The molecule has 3 N–H and O–H groups in total. The number of carbonyl (C=O) groups excluding carboxylic acids is 1. The van der Waals surface area contributed by atoms with Crippen LogP contribution in [-0.4, -0.2) is 15.7 Å². The van der Waals surface area contributed by atoms with Gasteiger partial charge in [-0.1, -0.05) is 30.3 Å². The van der Waals surface area contributed by atoms with E-state index in [9.17, 15) is 4.79 Å². The molecule has 0 aliphatic rings. The molecule has 1 aromatic heterocycles. The molecule has 1 amide bonds. The van der Waals surface area contributed by atoms with Gasteiger partial charge in [0.1, 0.15) is 11.5 Å². The number of nitrogens with zero attached hydrogens (tertiary/aromatic N) is 2. The Morgan fingerprint density at radius 3 is 2.43 bits per heavy atom. The molecule has 5 nitrogen and oxygen atoms in total. The number of hydrogen-bond acceptors (Lipinski definition) is 3. The highest BCUT2D eigenvalue weighted by atomic mass is 79.9. The summed E-state index contributed by atoms with van der Waals surface area (Å²) in [7, 11) is 1.78. The number of nitrogens with two attached hydrogens (primary N) is 1. The van der Waals surface area contributed by atoms with Crippen molar-refractivity contribution in [3.8, 4) is 11.3 Å². The lowest BCUT2D eigenvalue weighted by atomic mass is 10.1. The Balaban J connectivity index is 1.92. The minimum Gasteiger partial charge on any atom is -0.399 e. The number of hydrogen-bond donors (Lipinski definition) is 2. The van der Waals surface area contributed by atoms with Gasteiger partial charge in [-0.05, 0) is 40.2 Å². The van der Waals surface area contributed by atoms with E-state index in [0.717, 1.165) is 15.7 Å². The molecule has 0 bridgehead atoms. The first-order chi connectivity index (χ1) is 11.1. The van der Waals surface area contributed by atoms with E-state index in [1.165, 1.54) is 0 Å². The molecule has 2 aromatic carbocycles. The van der Waals surface area contributed by atoms with Gasteiger partial charge in [0.25, 0.3) is 5.91 Å². The zero-order valence-corrected chi connectivity index (χ0v) is 14.0. The standard InChI is InChI=1S/C17H15BrN4O/c1-22-16(20-17(23)12-5-3-2-4-6-12)14(18)15(21-22)11-7-9-13(19)10-8-11/h2-10H,19H2,1H3,(H,20,23). The number of anilines is 2. The van der Waals surface area contributed by atoms with Crippen molar-refractivity contribution in [3.05, 3.63) is 64.6 Å². The molecular weight excluding hydrogens is 356 g/mol. The summed E-state index contributed by atoms with van der Waals surface area (Å²) >= 11 is 3.53. The number of amides is 1. The van der Waals surface area contributed by atoms with E-state index < -0.39 is 0 Å². The summed E-state index contributed by atoms with van der Waals surface area (Å²) in [5, 5.41) is 7.36. The second-order valence-electron chi connectivity index (χ2n) is 5.08. The summed E-state index contributed by atoms with van der Waals surface area (Å²) in [4.78, 5) is 12.3. The number of rotatable bonds is 3. The molecule has 3 aromatic rings. The number of benzene rings is 2. The van der Waals surface area contributed by atoms with Crippen LogP contribution in [0.4, 0.5) is 11.5 Å². The van der Waals surface area contributed by atoms with Crippen LogP contribution in [0.25, 0.3) is 11.3 Å². The molecule has 0 atom stereocenters. The van der Waals surface area contributed by atoms with Gasteiger partial charge in [0.15, 0.2) is 0 Å². The van der Waals surface area contributed by atoms with Crippen LogP contribution in [0.5, 0.6) is 0 Å². The van der Waals surface area contributed by atoms with Gasteiger partial charge in [-0.15, -0.1) is 0 Å². The van der Waals surface area contributed by atoms with Crippen molar-refractivity contribution < 1.29 is 4.79 Å². The van der Waals surface area contributed by atoms with E-state index in [2.05, 4.69) is 26.3 Å². The SMILES string of the molecule is Cn1nc(-c2ccc(N)cc2)c(Br)c1NC(=O)c1ccccc1. The first-order valence-corrected chi connectivity index (χ1v) is 7.80. The second kappa shape index (κ2) is 6.26. The van der Waals surface area contributed by atoms with Gasteiger partial charge < -0.3 is 11.1 Å². The van der Waals surface area contributed by atoms with Crippen molar-refractivity contribution in [1.29, 1.82) is 0 Å². The molecule has 0 aliphatic heterocycles. The van der Waals surface area contributed by atoms with Crippen molar-refractivity contribution in [2.45, 2.75) is 0 Å². The zero-order valence-electron chi connectivity index (χ0n) is 12.5. The lowest BCUT2D eigenvalue weighted by Crippen LogP contribution is -2.14. The van der Waals surface area contributed by atoms with Gasteiger partial charge in [-0.3, -0.25) is 9.48 Å². The smallest absolute Gasteiger partial charge is 0.256 e. The third-order valence-corrected chi connectivity index (χ3v) is 4.19. The van der Waals surface area contributed by atoms with E-state index in [1.54, 1.807) is 23.9 Å². The Morgan fingerprint density at radius 2 is 1.78 bits per heavy atom. The van der Waals surface area contributed by atoms with Crippen molar-refractivity contribution in [3.63, 3.8) is 0 Å². The van der Waals surface area contributed by atoms with Crippen LogP contribution in [0.2, 0.25) is 0 Å². The largest absolute Gasteiger partial charge is 0.399 e. The van der Waals surface area contributed by atoms with Crippen molar-refractivity contribution >= 4 is 33.3 Å². The Hall–Kier alpha value is -2.60. The number of carbonyl (C=O) groups is 1. The fourth-order valence-electron chi connectivity index (χ4n) is 2.23. The number of halogens is 1. The number of nitrogens with one attached hydrogen (secondary N) is 1. The third kappa shape index (κ3) is 3.12. The predicted octanol–water partition coefficient (Wildman–Crippen LogP) is 3.68. The first-order valence-electron chi connectivity index (χ1n) is 7.01. The van der Waals surface area contributed by atoms with Crippen LogP contribution in [0, 0.1) is 0 Å². The van der Waals surface area contributed by atoms with Gasteiger partial charge in [0.05, 0.1) is 4.47 Å². The lowest BCUT2D eigenvalue weighted by Gasteiger charge is -2.06. The fraction of sp³-hybridized carbons (Fsp3) is 0.0588. The van der Waals surface area contributed by atoms with E-state index in [-0.39, 0.29) is 5.91 Å². The van der Waals surface area contributed by atoms with E-state index >= 15 is 0 Å². The van der Waals surface area contributed by atoms with Gasteiger partial charge >= 0.3 is 0 Å². The Kier molecular flexibility index (Phi) is 4.16. The summed E-state index contributed by atoms with van der Waals surface area (Å²) in [6, 6.07) is 16.5. The molecule has 0 spiro atoms. The zero-order chi connectivity index (χ0) is 16.4. The molecule has 0 aliphatic carbocycles. The lowest BCUT2D eigenvalue weighted by molar-refractivity contribution is 0.102. The van der Waals surface area contributed by atoms with Crippen molar-refractivity contribution in [1.82, 2.24) is 9.78 Å². The average molecular weight is 371 g/mol. The minimum atomic E-state index is -0.182. The molecule has 3 rings (SSSR count). The van der Waals surface area contributed by atoms with E-state index in [4.69, 9.17) is 5.73 Å². The summed E-state index contributed by atoms with van der Waals surface area (Å²) in [5.41, 5.74) is 8.66. The number of aryl methyl sites for hydroxylation is 1. The summed E-state index contributed by atoms with van der Waals surface area (Å²) in [6.45, 7) is 0. The van der Waals surface area contributed by atoms with Crippen molar-refractivity contribution in [2.24, 2.45) is 7.05 Å². The number of aromatic nitrogens is 2. The molecule has 0 saturated carbocycles. The molecule has 0 radical (unpaired) electrons. The molecule has 6 heteroatoms. The molecule has 1 heterocycles. The number of nitrogen functional groups attached to an aromatic ring is 1. The average Bonchev–Trinajstić information content (AvgIpc) is 2.84. The topological polar surface area (TPSA) is 72.9 Å². The van der Waals surface area contributed by atoms with Gasteiger partial charge in [0, 0.05) is 23.9 Å². The molecule has 0 unspecified atom stereocenters. The maximum atomic E-state index is 12.3. The van der Waals surface area contributed by atoms with Crippen molar-refractivity contribution in [2.75, 3.05) is 11.1 Å². The highest BCUT2D eigenvalue weighted by Gasteiger charge is 2.18. The van der Waals surface area contributed by atoms with Crippen LogP contribution >= 0.6 is 15.9 Å². The third-order valence-electron chi connectivity index (χ3n) is 3.44. The Labute approximate surface area is 142 Å². The highest BCUT2D eigenvalue weighted by molar-refractivity contribution is 9.10. The molecular formula is C17H15BrN4O. The van der Waals surface area contributed by atoms with E-state index in [1.807, 2.05) is 42.5 Å². The summed E-state index contributed by atoms with van der Waals surface area (Å²) in [6.07, 6.45) is 0. The monoisotopic (exact) mass is 370 g/mol. The summed E-state index contributed by atoms with van der Waals surface area (Å²) < 4.78 is 2.37. The fourth-order valence-corrected chi connectivity index (χ4v) is 2.89. The molecule has 116 valence electrons. The molecule has 0 saturated heterocycles. The van der Waals surface area contributed by atoms with Crippen LogP contribution < -0.4 is 11.1 Å². The normalized spacial score (nSPS) is 10.5. The Morgan fingerprint density at radius 1 is 1.13 bits per heavy atom. The summed E-state index contributed by atoms with van der Waals surface area (Å²) in [5.74, 6) is 0.420. The van der Waals surface area contributed by atoms with Crippen LogP contribution in [-0.2, 0) is 7.05 Å². The van der Waals surface area contributed by atoms with Crippen LogP contribution in [0.15, 0.2) is 59.1 Å². The second-order valence-corrected chi connectivity index (χ2v) is 5.87. The van der Waals surface area contributed by atoms with E-state index in [0.29, 0.717) is 17.1 Å². The van der Waals surface area contributed by atoms with Crippen LogP contribution in [0.3, 0.4) is 0 Å². The first kappa shape index (κ1) is 15.3. The predicted molar refractivity (Wildman–Crippen MR) is 95.2 cm³/mol. The molecule has 23 heavy (non-hydrogen) atoms. The maximum absolute atomic E-state index is 12.3. The highest BCUT2D eigenvalue weighted by Crippen LogP contribution is 2.33. The van der Waals surface area contributed by atoms with Gasteiger partial charge in [0.2, 0.25) is 0 Å². The quantitative estimate of drug-likeness (QED) is 0.690. The minimum absolute atomic E-state index is 0.182. The van der Waals surface area contributed by atoms with Crippen LogP contribution in [0.1, 0.15) is 10.4 Å². The Bertz CT molecular complexity index is 841.